The molecule has 5 nitrogen and oxygen atoms in total. The minimum absolute atomic E-state index is 0.0272. The lowest BCUT2D eigenvalue weighted by molar-refractivity contribution is 0.297. The van der Waals surface area contributed by atoms with Gasteiger partial charge in [-0.2, -0.15) is 10.2 Å². The normalized spacial score (nSPS) is 10.6. The third kappa shape index (κ3) is 5.43. The second kappa shape index (κ2) is 10.6. The molecule has 6 heteroatoms. The Morgan fingerprint density at radius 2 is 1.68 bits per heavy atom. The lowest BCUT2D eigenvalue weighted by Gasteiger charge is -2.11. The van der Waals surface area contributed by atoms with Gasteiger partial charge in [0.1, 0.15) is 11.8 Å². The largest absolute Gasteiger partial charge is 0.479 e. The first-order valence-electron chi connectivity index (χ1n) is 9.37. The van der Waals surface area contributed by atoms with Crippen LogP contribution >= 0.6 is 15.9 Å². The van der Waals surface area contributed by atoms with Crippen molar-refractivity contribution in [1.29, 1.82) is 5.26 Å². The molecule has 0 atom stereocenters. The van der Waals surface area contributed by atoms with Crippen molar-refractivity contribution in [3.63, 3.8) is 0 Å². The number of nitrogens with zero attached hydrogens (tertiary/aromatic N) is 3. The summed E-state index contributed by atoms with van der Waals surface area (Å²) in [5, 5.41) is 10.6. The molecule has 0 spiro atoms. The third-order valence-corrected chi connectivity index (χ3v) is 4.81. The molecular formula is C22H22BrN3O2. The highest BCUT2D eigenvalue weighted by Gasteiger charge is 2.10. The number of para-hydroxylation sites is 1. The number of rotatable bonds is 10. The zero-order valence-corrected chi connectivity index (χ0v) is 17.2. The van der Waals surface area contributed by atoms with Crippen LogP contribution < -0.4 is 9.47 Å². The van der Waals surface area contributed by atoms with Crippen LogP contribution in [0.5, 0.6) is 11.6 Å². The van der Waals surface area contributed by atoms with Crippen LogP contribution in [0, 0.1) is 11.3 Å². The van der Waals surface area contributed by atoms with E-state index in [1.54, 1.807) is 0 Å². The molecule has 3 aromatic rings. The van der Waals surface area contributed by atoms with Gasteiger partial charge < -0.3 is 9.47 Å². The summed E-state index contributed by atoms with van der Waals surface area (Å²) in [4.78, 5) is 9.34. The Kier molecular flexibility index (Phi) is 7.62. The topological polar surface area (TPSA) is 68.0 Å². The zero-order valence-electron chi connectivity index (χ0n) is 15.6. The van der Waals surface area contributed by atoms with E-state index < -0.39 is 0 Å². The van der Waals surface area contributed by atoms with Gasteiger partial charge in [0, 0.05) is 10.9 Å². The summed E-state index contributed by atoms with van der Waals surface area (Å²) in [6.45, 7) is 0.670. The van der Waals surface area contributed by atoms with E-state index in [1.165, 1.54) is 12.8 Å². The molecule has 0 N–H and O–H groups in total. The van der Waals surface area contributed by atoms with Crippen LogP contribution in [0.1, 0.15) is 25.7 Å². The number of unbranched alkanes of at least 4 members (excludes halogenated alkanes) is 3. The maximum Gasteiger partial charge on any atom is 0.225 e. The number of nitriles is 1. The van der Waals surface area contributed by atoms with Crippen molar-refractivity contribution in [2.75, 3.05) is 18.5 Å². The molecule has 0 saturated heterocycles. The van der Waals surface area contributed by atoms with Crippen molar-refractivity contribution in [2.24, 2.45) is 0 Å². The Hall–Kier alpha value is -2.65. The molecule has 0 fully saturated rings. The molecule has 3 rings (SSSR count). The number of aromatic nitrogens is 2. The Bertz CT molecular complexity index is 939. The lowest BCUT2D eigenvalue weighted by Crippen LogP contribution is -2.02. The number of alkyl halides is 1. The highest BCUT2D eigenvalue weighted by Crippen LogP contribution is 2.27. The van der Waals surface area contributed by atoms with E-state index in [0.29, 0.717) is 24.1 Å². The minimum Gasteiger partial charge on any atom is -0.479 e. The van der Waals surface area contributed by atoms with Crippen molar-refractivity contribution in [3.05, 3.63) is 48.5 Å². The molecule has 0 aliphatic heterocycles. The van der Waals surface area contributed by atoms with Gasteiger partial charge in [-0.1, -0.05) is 40.9 Å². The lowest BCUT2D eigenvalue weighted by atomic mass is 10.2. The summed E-state index contributed by atoms with van der Waals surface area (Å²) >= 11 is 3.46. The SMILES string of the molecule is N#CCOc1ccc(-c2nc(OCCCCCCBr)c3ccccc3n2)cc1. The summed E-state index contributed by atoms with van der Waals surface area (Å²) in [5.41, 5.74) is 1.73. The first-order valence-corrected chi connectivity index (χ1v) is 10.5. The molecule has 28 heavy (non-hydrogen) atoms. The second-order valence-electron chi connectivity index (χ2n) is 6.29. The molecular weight excluding hydrogens is 418 g/mol. The molecule has 1 heterocycles. The first-order chi connectivity index (χ1) is 13.8. The molecule has 0 radical (unpaired) electrons. The number of ether oxygens (including phenoxy) is 2. The van der Waals surface area contributed by atoms with Crippen molar-refractivity contribution < 1.29 is 9.47 Å². The number of hydrogen-bond donors (Lipinski definition) is 0. The van der Waals surface area contributed by atoms with Crippen molar-refractivity contribution in [3.8, 4) is 29.1 Å². The molecule has 0 saturated carbocycles. The van der Waals surface area contributed by atoms with Crippen LogP contribution in [0.15, 0.2) is 48.5 Å². The van der Waals surface area contributed by atoms with Gasteiger partial charge in [0.2, 0.25) is 5.88 Å². The maximum atomic E-state index is 8.61. The van der Waals surface area contributed by atoms with Gasteiger partial charge in [0.15, 0.2) is 12.4 Å². The predicted molar refractivity (Wildman–Crippen MR) is 114 cm³/mol. The smallest absolute Gasteiger partial charge is 0.225 e. The van der Waals surface area contributed by atoms with Gasteiger partial charge in [-0.05, 0) is 49.2 Å². The molecule has 0 aliphatic rings. The van der Waals surface area contributed by atoms with Gasteiger partial charge in [-0.25, -0.2) is 4.98 Å². The first kappa shape index (κ1) is 20.1. The van der Waals surface area contributed by atoms with Gasteiger partial charge in [0.25, 0.3) is 0 Å². The van der Waals surface area contributed by atoms with Gasteiger partial charge in [-0.3, -0.25) is 0 Å². The molecule has 0 bridgehead atoms. The molecule has 1 aromatic heterocycles. The molecule has 144 valence electrons. The fourth-order valence-electron chi connectivity index (χ4n) is 2.82. The number of fused-ring (bicyclic) bond motifs is 1. The monoisotopic (exact) mass is 439 g/mol. The van der Waals surface area contributed by atoms with Crippen molar-refractivity contribution in [2.45, 2.75) is 25.7 Å². The average molecular weight is 440 g/mol. The average Bonchev–Trinajstić information content (AvgIpc) is 2.74. The summed E-state index contributed by atoms with van der Waals surface area (Å²) in [6, 6.07) is 17.2. The Balaban J connectivity index is 1.78. The van der Waals surface area contributed by atoms with Crippen molar-refractivity contribution >= 4 is 26.8 Å². The standard InChI is InChI=1S/C22H22BrN3O2/c23-13-5-1-2-6-15-28-22-19-7-3-4-8-20(19)25-21(26-22)17-9-11-18(12-10-17)27-16-14-24/h3-4,7-12H,1-2,5-6,13,15-16H2. The fourth-order valence-corrected chi connectivity index (χ4v) is 3.22. The van der Waals surface area contributed by atoms with Gasteiger partial charge in [-0.15, -0.1) is 0 Å². The van der Waals surface area contributed by atoms with Crippen LogP contribution in [0.4, 0.5) is 0 Å². The Labute approximate surface area is 173 Å². The van der Waals surface area contributed by atoms with E-state index in [1.807, 2.05) is 54.6 Å². The quantitative estimate of drug-likeness (QED) is 0.306. The van der Waals surface area contributed by atoms with E-state index in [2.05, 4.69) is 25.9 Å². The second-order valence-corrected chi connectivity index (χ2v) is 7.09. The third-order valence-electron chi connectivity index (χ3n) is 4.25. The van der Waals surface area contributed by atoms with Gasteiger partial charge >= 0.3 is 0 Å². The zero-order chi connectivity index (χ0) is 19.6. The molecule has 0 unspecified atom stereocenters. The Morgan fingerprint density at radius 3 is 2.46 bits per heavy atom. The summed E-state index contributed by atoms with van der Waals surface area (Å²) < 4.78 is 11.3. The molecule has 0 aliphatic carbocycles. The number of halogens is 1. The van der Waals surface area contributed by atoms with E-state index in [4.69, 9.17) is 14.7 Å². The van der Waals surface area contributed by atoms with Crippen LogP contribution in [0.3, 0.4) is 0 Å². The number of benzene rings is 2. The van der Waals surface area contributed by atoms with E-state index in [-0.39, 0.29) is 6.61 Å². The number of hydrogen-bond acceptors (Lipinski definition) is 5. The van der Waals surface area contributed by atoms with Gasteiger partial charge in [0.05, 0.1) is 17.5 Å². The minimum atomic E-state index is 0.0272. The highest BCUT2D eigenvalue weighted by atomic mass is 79.9. The predicted octanol–water partition coefficient (Wildman–Crippen LogP) is 5.53. The van der Waals surface area contributed by atoms with E-state index in [9.17, 15) is 0 Å². The van der Waals surface area contributed by atoms with Crippen LogP contribution in [-0.2, 0) is 0 Å². The van der Waals surface area contributed by atoms with E-state index in [0.717, 1.165) is 34.6 Å². The summed E-state index contributed by atoms with van der Waals surface area (Å²) in [7, 11) is 0. The Morgan fingerprint density at radius 1 is 0.893 bits per heavy atom. The highest BCUT2D eigenvalue weighted by molar-refractivity contribution is 9.09. The van der Waals surface area contributed by atoms with Crippen LogP contribution in [0.25, 0.3) is 22.3 Å². The fraction of sp³-hybridized carbons (Fsp3) is 0.318. The van der Waals surface area contributed by atoms with E-state index >= 15 is 0 Å². The molecule has 2 aromatic carbocycles. The van der Waals surface area contributed by atoms with Crippen LogP contribution in [-0.4, -0.2) is 28.5 Å². The van der Waals surface area contributed by atoms with Crippen molar-refractivity contribution in [1.82, 2.24) is 9.97 Å². The maximum absolute atomic E-state index is 8.61. The summed E-state index contributed by atoms with van der Waals surface area (Å²) in [6.07, 6.45) is 4.54. The molecule has 0 amide bonds. The summed E-state index contributed by atoms with van der Waals surface area (Å²) in [5.74, 6) is 1.87. The van der Waals surface area contributed by atoms with Crippen LogP contribution in [0.2, 0.25) is 0 Å².